The Morgan fingerprint density at radius 2 is 1.94 bits per heavy atom. The average molecular weight is 536 g/mol. The summed E-state index contributed by atoms with van der Waals surface area (Å²) in [6, 6.07) is 6.15. The smallest absolute Gasteiger partial charge is 0.318 e. The number of rotatable bonds is 9. The van der Waals surface area contributed by atoms with Crippen molar-refractivity contribution in [3.8, 4) is 17.2 Å². The summed E-state index contributed by atoms with van der Waals surface area (Å²) < 4.78 is 24.8. The minimum atomic E-state index is -0.785. The Labute approximate surface area is 199 Å². The Kier molecular flexibility index (Phi) is 7.47. The zero-order valence-corrected chi connectivity index (χ0v) is 19.1. The lowest BCUT2D eigenvalue weighted by atomic mass is 10.2. The molecule has 0 aliphatic carbocycles. The number of aromatic nitrogens is 2. The number of hydrazone groups is 1. The third-order valence-corrected chi connectivity index (χ3v) is 4.76. The van der Waals surface area contributed by atoms with Crippen LogP contribution in [-0.2, 0) is 0 Å². The molecule has 1 aromatic heterocycles. The van der Waals surface area contributed by atoms with Gasteiger partial charge in [0.1, 0.15) is 0 Å². The Morgan fingerprint density at radius 1 is 1.18 bits per heavy atom. The van der Waals surface area contributed by atoms with Crippen LogP contribution in [0.25, 0.3) is 0 Å². The van der Waals surface area contributed by atoms with Crippen LogP contribution >= 0.6 is 15.9 Å². The Bertz CT molecular complexity index is 1290. The van der Waals surface area contributed by atoms with Gasteiger partial charge < -0.3 is 14.8 Å². The number of nitro benzene ring substituents is 2. The standard InChI is InChI=1S/C19H15BrFN7O6/c1-22-18-13(21)9-23-19(25-18)26-24-8-10-5-12(20)17(16(6-10)33-2)34-15-4-3-11(27(29)30)7-14(15)28(31)32/h3-9H,1-2H3,(H2,22,23,25,26). The lowest BCUT2D eigenvalue weighted by Gasteiger charge is -2.13. The van der Waals surface area contributed by atoms with E-state index in [1.54, 1.807) is 6.07 Å². The molecule has 0 unspecified atom stereocenters. The van der Waals surface area contributed by atoms with E-state index in [9.17, 15) is 24.6 Å². The number of ether oxygens (including phenoxy) is 2. The molecule has 0 aliphatic heterocycles. The minimum absolute atomic E-state index is 0.000970. The molecule has 13 nitrogen and oxygen atoms in total. The molecular weight excluding hydrogens is 521 g/mol. The van der Waals surface area contributed by atoms with E-state index in [0.717, 1.165) is 24.4 Å². The molecule has 0 spiro atoms. The van der Waals surface area contributed by atoms with Gasteiger partial charge in [-0.1, -0.05) is 0 Å². The molecule has 0 bridgehead atoms. The van der Waals surface area contributed by atoms with Gasteiger partial charge in [0, 0.05) is 13.1 Å². The van der Waals surface area contributed by atoms with Crippen molar-refractivity contribution in [2.45, 2.75) is 0 Å². The molecule has 176 valence electrons. The monoisotopic (exact) mass is 535 g/mol. The topological polar surface area (TPSA) is 167 Å². The number of methoxy groups -OCH3 is 1. The van der Waals surface area contributed by atoms with Crippen molar-refractivity contribution in [1.29, 1.82) is 0 Å². The van der Waals surface area contributed by atoms with E-state index in [2.05, 4.69) is 41.7 Å². The first-order chi connectivity index (χ1) is 16.2. The number of anilines is 2. The Balaban J connectivity index is 1.86. The molecule has 34 heavy (non-hydrogen) atoms. The van der Waals surface area contributed by atoms with Crippen molar-refractivity contribution in [1.82, 2.24) is 9.97 Å². The number of hydrogen-bond donors (Lipinski definition) is 2. The third-order valence-electron chi connectivity index (χ3n) is 4.17. The van der Waals surface area contributed by atoms with Gasteiger partial charge in [-0.25, -0.2) is 14.8 Å². The molecule has 1 heterocycles. The van der Waals surface area contributed by atoms with Crippen molar-refractivity contribution in [3.63, 3.8) is 0 Å². The molecule has 0 atom stereocenters. The van der Waals surface area contributed by atoms with Gasteiger partial charge in [0.05, 0.1) is 39.9 Å². The summed E-state index contributed by atoms with van der Waals surface area (Å²) in [7, 11) is 2.88. The molecule has 0 amide bonds. The molecule has 0 aliphatic rings. The van der Waals surface area contributed by atoms with E-state index in [4.69, 9.17) is 9.47 Å². The number of nitrogens with zero attached hydrogens (tertiary/aromatic N) is 5. The number of nitro groups is 2. The van der Waals surface area contributed by atoms with Crippen LogP contribution in [0.15, 0.2) is 46.1 Å². The van der Waals surface area contributed by atoms with E-state index in [1.165, 1.54) is 26.4 Å². The van der Waals surface area contributed by atoms with Crippen LogP contribution in [0.1, 0.15) is 5.56 Å². The van der Waals surface area contributed by atoms with Crippen LogP contribution in [-0.4, -0.2) is 40.2 Å². The van der Waals surface area contributed by atoms with Crippen LogP contribution in [0.2, 0.25) is 0 Å². The molecule has 2 aromatic carbocycles. The maximum absolute atomic E-state index is 13.5. The summed E-state index contributed by atoms with van der Waals surface area (Å²) in [5, 5.41) is 28.9. The number of hydrogen-bond acceptors (Lipinski definition) is 11. The maximum atomic E-state index is 13.5. The van der Waals surface area contributed by atoms with Gasteiger partial charge in [-0.2, -0.15) is 10.1 Å². The van der Waals surface area contributed by atoms with Crippen molar-refractivity contribution in [3.05, 3.63) is 72.6 Å². The molecule has 2 N–H and O–H groups in total. The van der Waals surface area contributed by atoms with Crippen LogP contribution in [0.5, 0.6) is 17.2 Å². The van der Waals surface area contributed by atoms with Crippen molar-refractivity contribution < 1.29 is 23.7 Å². The number of non-ortho nitro benzene ring substituents is 1. The number of halogens is 2. The SMILES string of the molecule is CNc1nc(NN=Cc2cc(Br)c(Oc3ccc([N+](=O)[O-])cc3[N+](=O)[O-])c(OC)c2)ncc1F. The minimum Gasteiger partial charge on any atom is -0.493 e. The molecule has 0 saturated carbocycles. The maximum Gasteiger partial charge on any atom is 0.318 e. The number of nitrogens with one attached hydrogen (secondary N) is 2. The highest BCUT2D eigenvalue weighted by atomic mass is 79.9. The summed E-state index contributed by atoms with van der Waals surface area (Å²) in [4.78, 5) is 28.4. The highest BCUT2D eigenvalue weighted by Gasteiger charge is 2.23. The van der Waals surface area contributed by atoms with E-state index >= 15 is 0 Å². The molecule has 3 rings (SSSR count). The molecule has 15 heteroatoms. The molecular formula is C19H15BrFN7O6. The summed E-state index contributed by atoms with van der Waals surface area (Å²) in [6.07, 6.45) is 2.39. The van der Waals surface area contributed by atoms with Crippen LogP contribution < -0.4 is 20.2 Å². The summed E-state index contributed by atoms with van der Waals surface area (Å²) in [5.74, 6) is -0.484. The second-order valence-electron chi connectivity index (χ2n) is 6.31. The van der Waals surface area contributed by atoms with Crippen LogP contribution in [0.3, 0.4) is 0 Å². The normalized spacial score (nSPS) is 10.7. The molecule has 3 aromatic rings. The van der Waals surface area contributed by atoms with Gasteiger partial charge in [0.2, 0.25) is 11.7 Å². The predicted octanol–water partition coefficient (Wildman–Crippen LogP) is 4.48. The van der Waals surface area contributed by atoms with E-state index in [0.29, 0.717) is 10.0 Å². The Hall–Kier alpha value is -4.40. The highest BCUT2D eigenvalue weighted by molar-refractivity contribution is 9.10. The quantitative estimate of drug-likeness (QED) is 0.226. The fraction of sp³-hybridized carbons (Fsp3) is 0.105. The largest absolute Gasteiger partial charge is 0.493 e. The average Bonchev–Trinajstić information content (AvgIpc) is 2.81. The van der Waals surface area contributed by atoms with Gasteiger partial charge in [0.25, 0.3) is 5.69 Å². The first-order valence-electron chi connectivity index (χ1n) is 9.21. The van der Waals surface area contributed by atoms with Gasteiger partial charge in [0.15, 0.2) is 23.1 Å². The first kappa shape index (κ1) is 24.2. The van der Waals surface area contributed by atoms with Crippen molar-refractivity contribution in [2.24, 2.45) is 5.10 Å². The predicted molar refractivity (Wildman–Crippen MR) is 123 cm³/mol. The van der Waals surface area contributed by atoms with Crippen molar-refractivity contribution >= 4 is 45.3 Å². The molecule has 0 saturated heterocycles. The first-order valence-corrected chi connectivity index (χ1v) is 10.0. The lowest BCUT2D eigenvalue weighted by molar-refractivity contribution is -0.394. The van der Waals surface area contributed by atoms with E-state index < -0.39 is 27.0 Å². The van der Waals surface area contributed by atoms with Gasteiger partial charge >= 0.3 is 5.69 Å². The van der Waals surface area contributed by atoms with Gasteiger partial charge in [-0.15, -0.1) is 0 Å². The summed E-state index contributed by atoms with van der Waals surface area (Å²) in [5.41, 5.74) is 2.06. The van der Waals surface area contributed by atoms with Gasteiger partial charge in [-0.3, -0.25) is 20.2 Å². The van der Waals surface area contributed by atoms with E-state index in [1.807, 2.05) is 0 Å². The second kappa shape index (κ2) is 10.5. The molecule has 0 fully saturated rings. The van der Waals surface area contributed by atoms with Crippen LogP contribution in [0.4, 0.5) is 27.5 Å². The van der Waals surface area contributed by atoms with Crippen LogP contribution in [0, 0.1) is 26.0 Å². The Morgan fingerprint density at radius 3 is 2.59 bits per heavy atom. The van der Waals surface area contributed by atoms with Crippen molar-refractivity contribution in [2.75, 3.05) is 24.9 Å². The van der Waals surface area contributed by atoms with Gasteiger partial charge in [-0.05, 0) is 39.7 Å². The zero-order chi connectivity index (χ0) is 24.8. The number of benzene rings is 2. The fourth-order valence-electron chi connectivity index (χ4n) is 2.63. The summed E-state index contributed by atoms with van der Waals surface area (Å²) in [6.45, 7) is 0. The third kappa shape index (κ3) is 5.50. The zero-order valence-electron chi connectivity index (χ0n) is 17.5. The fourth-order valence-corrected chi connectivity index (χ4v) is 3.17. The summed E-state index contributed by atoms with van der Waals surface area (Å²) >= 11 is 3.32. The highest BCUT2D eigenvalue weighted by Crippen LogP contribution is 2.42. The lowest BCUT2D eigenvalue weighted by Crippen LogP contribution is -2.03. The van der Waals surface area contributed by atoms with E-state index in [-0.39, 0.29) is 29.0 Å². The second-order valence-corrected chi connectivity index (χ2v) is 7.17. The molecule has 0 radical (unpaired) electrons.